The van der Waals surface area contributed by atoms with E-state index in [1.54, 1.807) is 12.1 Å². The minimum atomic E-state index is -0.595. The maximum Gasteiger partial charge on any atom is 0.236 e. The molecule has 1 aromatic rings. The van der Waals surface area contributed by atoms with Crippen LogP contribution in [0.5, 0.6) is 0 Å². The molecule has 5 heteroatoms. The molecule has 1 unspecified atom stereocenters. The summed E-state index contributed by atoms with van der Waals surface area (Å²) in [5, 5.41) is 0. The lowest BCUT2D eigenvalue weighted by atomic mass is 10.4. The van der Waals surface area contributed by atoms with Crippen molar-refractivity contribution in [2.45, 2.75) is 11.2 Å². The first-order chi connectivity index (χ1) is 6.68. The molecular weight excluding hydrogens is 251 g/mol. The zero-order valence-electron chi connectivity index (χ0n) is 7.28. The number of amides is 1. The second-order valence-corrected chi connectivity index (χ2v) is 4.41. The number of carbonyl (C=O) groups is 1. The molecule has 14 heavy (non-hydrogen) atoms. The van der Waals surface area contributed by atoms with Gasteiger partial charge in [0.15, 0.2) is 0 Å². The van der Waals surface area contributed by atoms with Crippen LogP contribution in [0.2, 0.25) is 0 Å². The summed E-state index contributed by atoms with van der Waals surface area (Å²) in [6.45, 7) is 0.501. The first kappa shape index (κ1) is 9.58. The van der Waals surface area contributed by atoms with Gasteiger partial charge < -0.3 is 4.90 Å². The number of hydrogen-bond acceptors (Lipinski definition) is 2. The molecule has 2 heterocycles. The third-order valence-electron chi connectivity index (χ3n) is 2.11. The summed E-state index contributed by atoms with van der Waals surface area (Å²) >= 11 is 3.34. The van der Waals surface area contributed by atoms with Crippen LogP contribution >= 0.6 is 15.9 Å². The van der Waals surface area contributed by atoms with Gasteiger partial charge in [0.05, 0.1) is 5.69 Å². The molecule has 1 saturated heterocycles. The fourth-order valence-electron chi connectivity index (χ4n) is 1.48. The molecular formula is C9H8BrFN2O. The van der Waals surface area contributed by atoms with E-state index >= 15 is 0 Å². The van der Waals surface area contributed by atoms with Crippen molar-refractivity contribution in [3.8, 4) is 0 Å². The predicted molar refractivity (Wildman–Crippen MR) is 53.9 cm³/mol. The van der Waals surface area contributed by atoms with Gasteiger partial charge in [-0.1, -0.05) is 15.9 Å². The Morgan fingerprint density at radius 2 is 2.43 bits per heavy atom. The van der Waals surface area contributed by atoms with Crippen LogP contribution in [-0.2, 0) is 4.79 Å². The number of nitrogens with zero attached hydrogens (tertiary/aromatic N) is 2. The van der Waals surface area contributed by atoms with E-state index in [2.05, 4.69) is 20.9 Å². The summed E-state index contributed by atoms with van der Waals surface area (Å²) in [6.07, 6.45) is 1.78. The van der Waals surface area contributed by atoms with Crippen molar-refractivity contribution in [2.24, 2.45) is 0 Å². The minimum Gasteiger partial charge on any atom is -0.307 e. The monoisotopic (exact) mass is 258 g/mol. The van der Waals surface area contributed by atoms with Crippen LogP contribution in [0.1, 0.15) is 6.42 Å². The lowest BCUT2D eigenvalue weighted by molar-refractivity contribution is -0.117. The second kappa shape index (κ2) is 3.65. The van der Waals surface area contributed by atoms with Crippen LogP contribution in [0.25, 0.3) is 0 Å². The SMILES string of the molecule is O=C1CC(Br)CN1c1cccnc1F. The van der Waals surface area contributed by atoms with Crippen molar-refractivity contribution in [3.63, 3.8) is 0 Å². The van der Waals surface area contributed by atoms with E-state index in [-0.39, 0.29) is 16.4 Å². The zero-order valence-corrected chi connectivity index (χ0v) is 8.87. The highest BCUT2D eigenvalue weighted by Crippen LogP contribution is 2.25. The van der Waals surface area contributed by atoms with Crippen molar-refractivity contribution in [1.82, 2.24) is 4.98 Å². The predicted octanol–water partition coefficient (Wildman–Crippen LogP) is 1.72. The third kappa shape index (κ3) is 1.64. The van der Waals surface area contributed by atoms with Gasteiger partial charge in [-0.05, 0) is 12.1 Å². The molecule has 0 aromatic carbocycles. The third-order valence-corrected chi connectivity index (χ3v) is 2.72. The largest absolute Gasteiger partial charge is 0.307 e. The summed E-state index contributed by atoms with van der Waals surface area (Å²) < 4.78 is 13.2. The van der Waals surface area contributed by atoms with Gasteiger partial charge in [0.1, 0.15) is 0 Å². The fourth-order valence-corrected chi connectivity index (χ4v) is 2.04. The second-order valence-electron chi connectivity index (χ2n) is 3.12. The van der Waals surface area contributed by atoms with Gasteiger partial charge in [0, 0.05) is 24.0 Å². The molecule has 0 bridgehead atoms. The van der Waals surface area contributed by atoms with Gasteiger partial charge in [-0.15, -0.1) is 0 Å². The Morgan fingerprint density at radius 3 is 3.00 bits per heavy atom. The molecule has 1 fully saturated rings. The molecule has 2 rings (SSSR count). The average Bonchev–Trinajstić information content (AvgIpc) is 2.46. The number of halogens is 2. The number of aromatic nitrogens is 1. The Kier molecular flexibility index (Phi) is 2.50. The Morgan fingerprint density at radius 1 is 1.64 bits per heavy atom. The number of rotatable bonds is 1. The lowest BCUT2D eigenvalue weighted by Gasteiger charge is -2.15. The highest BCUT2D eigenvalue weighted by molar-refractivity contribution is 9.09. The summed E-state index contributed by atoms with van der Waals surface area (Å²) in [7, 11) is 0. The van der Waals surface area contributed by atoms with Crippen molar-refractivity contribution in [3.05, 3.63) is 24.3 Å². The maximum atomic E-state index is 13.2. The number of carbonyl (C=O) groups excluding carboxylic acids is 1. The van der Waals surface area contributed by atoms with Gasteiger partial charge in [0.25, 0.3) is 0 Å². The summed E-state index contributed by atoms with van der Waals surface area (Å²) in [5.41, 5.74) is 0.263. The number of anilines is 1. The maximum absolute atomic E-state index is 13.2. The number of pyridine rings is 1. The van der Waals surface area contributed by atoms with Crippen LogP contribution in [0.15, 0.2) is 18.3 Å². The Labute approximate surface area is 89.1 Å². The van der Waals surface area contributed by atoms with Crippen molar-refractivity contribution in [1.29, 1.82) is 0 Å². The molecule has 0 N–H and O–H groups in total. The Hall–Kier alpha value is -0.970. The summed E-state index contributed by atoms with van der Waals surface area (Å²) in [6, 6.07) is 3.18. The molecule has 1 amide bonds. The van der Waals surface area contributed by atoms with E-state index < -0.39 is 5.95 Å². The van der Waals surface area contributed by atoms with E-state index in [1.165, 1.54) is 11.1 Å². The van der Waals surface area contributed by atoms with Crippen molar-refractivity contribution < 1.29 is 9.18 Å². The number of alkyl halides is 1. The zero-order chi connectivity index (χ0) is 10.1. The molecule has 0 aliphatic carbocycles. The fraction of sp³-hybridized carbons (Fsp3) is 0.333. The van der Waals surface area contributed by atoms with Crippen LogP contribution in [0, 0.1) is 5.95 Å². The van der Waals surface area contributed by atoms with E-state index in [0.29, 0.717) is 13.0 Å². The molecule has 0 saturated carbocycles. The van der Waals surface area contributed by atoms with E-state index in [9.17, 15) is 9.18 Å². The molecule has 3 nitrogen and oxygen atoms in total. The quantitative estimate of drug-likeness (QED) is 0.568. The van der Waals surface area contributed by atoms with Gasteiger partial charge in [-0.3, -0.25) is 4.79 Å². The standard InChI is InChI=1S/C9H8BrFN2O/c10-6-4-8(14)13(5-6)7-2-1-3-12-9(7)11/h1-3,6H,4-5H2. The van der Waals surface area contributed by atoms with E-state index in [0.717, 1.165) is 0 Å². The van der Waals surface area contributed by atoms with E-state index in [1.807, 2.05) is 0 Å². The molecule has 0 spiro atoms. The minimum absolute atomic E-state index is 0.0706. The smallest absolute Gasteiger partial charge is 0.236 e. The first-order valence-electron chi connectivity index (χ1n) is 4.23. The summed E-state index contributed by atoms with van der Waals surface area (Å²) in [4.78, 5) is 16.5. The lowest BCUT2D eigenvalue weighted by Crippen LogP contribution is -2.25. The molecule has 0 radical (unpaired) electrons. The summed E-state index contributed by atoms with van der Waals surface area (Å²) in [5.74, 6) is -0.666. The van der Waals surface area contributed by atoms with Crippen LogP contribution in [0.3, 0.4) is 0 Å². The van der Waals surface area contributed by atoms with Gasteiger partial charge in [-0.2, -0.15) is 4.39 Å². The van der Waals surface area contributed by atoms with Crippen LogP contribution in [0.4, 0.5) is 10.1 Å². The van der Waals surface area contributed by atoms with Crippen LogP contribution in [-0.4, -0.2) is 22.3 Å². The van der Waals surface area contributed by atoms with Gasteiger partial charge in [-0.25, -0.2) is 4.98 Å². The molecule has 1 aliphatic heterocycles. The topological polar surface area (TPSA) is 33.2 Å². The van der Waals surface area contributed by atoms with Crippen molar-refractivity contribution in [2.75, 3.05) is 11.4 Å². The number of hydrogen-bond donors (Lipinski definition) is 0. The molecule has 1 aliphatic rings. The molecule has 74 valence electrons. The normalized spacial score (nSPS) is 21.7. The highest BCUT2D eigenvalue weighted by Gasteiger charge is 2.30. The van der Waals surface area contributed by atoms with E-state index in [4.69, 9.17) is 0 Å². The average molecular weight is 259 g/mol. The molecule has 1 aromatic heterocycles. The van der Waals surface area contributed by atoms with Gasteiger partial charge >= 0.3 is 0 Å². The first-order valence-corrected chi connectivity index (χ1v) is 5.15. The van der Waals surface area contributed by atoms with Crippen molar-refractivity contribution >= 4 is 27.5 Å². The Bertz CT molecular complexity index is 372. The van der Waals surface area contributed by atoms with Gasteiger partial charge in [0.2, 0.25) is 11.9 Å². The Balaban J connectivity index is 2.32. The highest BCUT2D eigenvalue weighted by atomic mass is 79.9. The van der Waals surface area contributed by atoms with Crippen LogP contribution < -0.4 is 4.90 Å². The molecule has 1 atom stereocenters.